The van der Waals surface area contributed by atoms with Crippen LogP contribution in [0.5, 0.6) is 0 Å². The Hall–Kier alpha value is 0.01000. The summed E-state index contributed by atoms with van der Waals surface area (Å²) in [6, 6.07) is 8.44. The molecular weight excluding hydrogens is 246 g/mol. The molecule has 0 unspecified atom stereocenters. The predicted molar refractivity (Wildman–Crippen MR) is 63.4 cm³/mol. The second-order valence-corrected chi connectivity index (χ2v) is 4.74. The molecule has 0 heterocycles. The summed E-state index contributed by atoms with van der Waals surface area (Å²) in [7, 11) is 0. The van der Waals surface area contributed by atoms with E-state index in [1.165, 1.54) is 4.90 Å². The largest absolute Gasteiger partial charge is 0.316 e. The molecule has 0 aliphatic rings. The number of rotatable bonds is 5. The zero-order valence-electron chi connectivity index (χ0n) is 7.72. The van der Waals surface area contributed by atoms with Crippen LogP contribution < -0.4 is 5.32 Å². The molecule has 1 nitrogen and oxygen atoms in total. The van der Waals surface area contributed by atoms with Gasteiger partial charge in [-0.3, -0.25) is 0 Å². The third-order valence-corrected chi connectivity index (χ3v) is 3.15. The van der Waals surface area contributed by atoms with Crippen molar-refractivity contribution in [1.82, 2.24) is 5.32 Å². The summed E-state index contributed by atoms with van der Waals surface area (Å²) < 4.78 is 1.14. The van der Waals surface area contributed by atoms with Gasteiger partial charge in [0, 0.05) is 21.7 Å². The van der Waals surface area contributed by atoms with Crippen LogP contribution in [0.25, 0.3) is 0 Å². The van der Waals surface area contributed by atoms with Crippen molar-refractivity contribution >= 4 is 27.7 Å². The van der Waals surface area contributed by atoms with E-state index >= 15 is 0 Å². The van der Waals surface area contributed by atoms with Crippen molar-refractivity contribution in [3.63, 3.8) is 0 Å². The monoisotopic (exact) mass is 259 g/mol. The van der Waals surface area contributed by atoms with Gasteiger partial charge in [-0.25, -0.2) is 0 Å². The van der Waals surface area contributed by atoms with Crippen molar-refractivity contribution in [1.29, 1.82) is 0 Å². The van der Waals surface area contributed by atoms with E-state index in [4.69, 9.17) is 0 Å². The Morgan fingerprint density at radius 3 is 2.62 bits per heavy atom. The Labute approximate surface area is 92.4 Å². The second kappa shape index (κ2) is 6.46. The Balaban J connectivity index is 2.25. The normalized spacial score (nSPS) is 10.3. The van der Waals surface area contributed by atoms with Crippen molar-refractivity contribution in [2.24, 2.45) is 0 Å². The van der Waals surface area contributed by atoms with E-state index in [2.05, 4.69) is 52.4 Å². The fourth-order valence-electron chi connectivity index (χ4n) is 0.949. The fraction of sp³-hybridized carbons (Fsp3) is 0.400. The summed E-state index contributed by atoms with van der Waals surface area (Å²) in [5.41, 5.74) is 0. The maximum atomic E-state index is 3.42. The molecule has 72 valence electrons. The summed E-state index contributed by atoms with van der Waals surface area (Å²) in [6.07, 6.45) is 0. The molecule has 1 aromatic carbocycles. The van der Waals surface area contributed by atoms with Crippen LogP contribution >= 0.6 is 27.7 Å². The standard InChI is InChI=1S/C10H14BrNS/c1-2-12-7-8-13-10-5-3-9(11)4-6-10/h3-6,12H,2,7-8H2,1H3. The van der Waals surface area contributed by atoms with Crippen molar-refractivity contribution in [2.75, 3.05) is 18.8 Å². The van der Waals surface area contributed by atoms with E-state index in [1.54, 1.807) is 0 Å². The summed E-state index contributed by atoms with van der Waals surface area (Å²) in [5.74, 6) is 1.13. The molecule has 0 saturated heterocycles. The third kappa shape index (κ3) is 4.69. The maximum Gasteiger partial charge on any atom is 0.0176 e. The summed E-state index contributed by atoms with van der Waals surface area (Å²) >= 11 is 5.30. The SMILES string of the molecule is CCNCCSc1ccc(Br)cc1. The van der Waals surface area contributed by atoms with Crippen LogP contribution in [0.1, 0.15) is 6.92 Å². The Morgan fingerprint density at radius 2 is 2.00 bits per heavy atom. The second-order valence-electron chi connectivity index (χ2n) is 2.66. The first-order chi connectivity index (χ1) is 6.33. The summed E-state index contributed by atoms with van der Waals surface area (Å²) in [5, 5.41) is 3.30. The molecule has 13 heavy (non-hydrogen) atoms. The molecule has 0 aromatic heterocycles. The Kier molecular flexibility index (Phi) is 5.51. The van der Waals surface area contributed by atoms with Gasteiger partial charge in [0.05, 0.1) is 0 Å². The van der Waals surface area contributed by atoms with Crippen LogP contribution in [0.2, 0.25) is 0 Å². The van der Waals surface area contributed by atoms with Gasteiger partial charge in [-0.15, -0.1) is 11.8 Å². The smallest absolute Gasteiger partial charge is 0.0176 e. The first kappa shape index (κ1) is 11.1. The average Bonchev–Trinajstić information content (AvgIpc) is 2.15. The quantitative estimate of drug-likeness (QED) is 0.644. The maximum absolute atomic E-state index is 3.42. The van der Waals surface area contributed by atoms with Crippen LogP contribution in [0.3, 0.4) is 0 Å². The van der Waals surface area contributed by atoms with Gasteiger partial charge in [-0.2, -0.15) is 0 Å². The van der Waals surface area contributed by atoms with E-state index in [1.807, 2.05) is 11.8 Å². The van der Waals surface area contributed by atoms with Crippen LogP contribution in [-0.4, -0.2) is 18.8 Å². The molecule has 1 N–H and O–H groups in total. The number of nitrogens with one attached hydrogen (secondary N) is 1. The first-order valence-electron chi connectivity index (χ1n) is 4.42. The molecule has 0 bridgehead atoms. The number of halogens is 1. The molecule has 0 fully saturated rings. The van der Waals surface area contributed by atoms with Gasteiger partial charge in [-0.05, 0) is 30.8 Å². The minimum atomic E-state index is 1.06. The highest BCUT2D eigenvalue weighted by atomic mass is 79.9. The van der Waals surface area contributed by atoms with E-state index in [0.717, 1.165) is 23.3 Å². The molecule has 0 aliphatic carbocycles. The van der Waals surface area contributed by atoms with Crippen molar-refractivity contribution in [3.05, 3.63) is 28.7 Å². The lowest BCUT2D eigenvalue weighted by Gasteiger charge is -2.01. The van der Waals surface area contributed by atoms with Crippen LogP contribution in [0.15, 0.2) is 33.6 Å². The molecule has 1 rings (SSSR count). The summed E-state index contributed by atoms with van der Waals surface area (Å²) in [4.78, 5) is 1.33. The number of thioether (sulfide) groups is 1. The molecule has 0 saturated carbocycles. The van der Waals surface area contributed by atoms with Gasteiger partial charge in [0.15, 0.2) is 0 Å². The van der Waals surface area contributed by atoms with Crippen LogP contribution in [0.4, 0.5) is 0 Å². The van der Waals surface area contributed by atoms with Gasteiger partial charge < -0.3 is 5.32 Å². The lowest BCUT2D eigenvalue weighted by atomic mass is 10.4. The predicted octanol–water partition coefficient (Wildman–Crippen LogP) is 3.15. The Bertz CT molecular complexity index is 235. The summed E-state index contributed by atoms with van der Waals surface area (Å²) in [6.45, 7) is 4.27. The zero-order chi connectivity index (χ0) is 9.52. The third-order valence-electron chi connectivity index (χ3n) is 1.61. The topological polar surface area (TPSA) is 12.0 Å². The Morgan fingerprint density at radius 1 is 1.31 bits per heavy atom. The highest BCUT2D eigenvalue weighted by molar-refractivity contribution is 9.10. The number of benzene rings is 1. The highest BCUT2D eigenvalue weighted by Gasteiger charge is 1.92. The van der Waals surface area contributed by atoms with Crippen molar-refractivity contribution < 1.29 is 0 Å². The van der Waals surface area contributed by atoms with Gasteiger partial charge in [-0.1, -0.05) is 22.9 Å². The van der Waals surface area contributed by atoms with Gasteiger partial charge >= 0.3 is 0 Å². The molecule has 0 amide bonds. The van der Waals surface area contributed by atoms with Crippen molar-refractivity contribution in [3.8, 4) is 0 Å². The zero-order valence-corrected chi connectivity index (χ0v) is 10.1. The molecular formula is C10H14BrNS. The lowest BCUT2D eigenvalue weighted by Crippen LogP contribution is -2.15. The van der Waals surface area contributed by atoms with E-state index in [9.17, 15) is 0 Å². The molecule has 1 aromatic rings. The number of hydrogen-bond donors (Lipinski definition) is 1. The first-order valence-corrected chi connectivity index (χ1v) is 6.20. The highest BCUT2D eigenvalue weighted by Crippen LogP contribution is 2.19. The molecule has 0 atom stereocenters. The van der Waals surface area contributed by atoms with Gasteiger partial charge in [0.2, 0.25) is 0 Å². The lowest BCUT2D eigenvalue weighted by molar-refractivity contribution is 0.768. The fourth-order valence-corrected chi connectivity index (χ4v) is 2.02. The molecule has 3 heteroatoms. The van der Waals surface area contributed by atoms with E-state index < -0.39 is 0 Å². The van der Waals surface area contributed by atoms with Crippen LogP contribution in [0, 0.1) is 0 Å². The van der Waals surface area contributed by atoms with Crippen LogP contribution in [-0.2, 0) is 0 Å². The average molecular weight is 260 g/mol. The number of hydrogen-bond acceptors (Lipinski definition) is 2. The minimum Gasteiger partial charge on any atom is -0.316 e. The molecule has 0 aliphatic heterocycles. The molecule has 0 spiro atoms. The van der Waals surface area contributed by atoms with Gasteiger partial charge in [0.25, 0.3) is 0 Å². The van der Waals surface area contributed by atoms with Gasteiger partial charge in [0.1, 0.15) is 0 Å². The minimum absolute atomic E-state index is 1.06. The van der Waals surface area contributed by atoms with E-state index in [0.29, 0.717) is 0 Å². The van der Waals surface area contributed by atoms with E-state index in [-0.39, 0.29) is 0 Å². The molecule has 0 radical (unpaired) electrons. The van der Waals surface area contributed by atoms with Crippen molar-refractivity contribution in [2.45, 2.75) is 11.8 Å².